The van der Waals surface area contributed by atoms with E-state index in [-0.39, 0.29) is 11.3 Å². The minimum atomic E-state index is -0.818. The maximum atomic E-state index is 13.4. The predicted molar refractivity (Wildman–Crippen MR) is 136 cm³/mol. The molecule has 1 heterocycles. The van der Waals surface area contributed by atoms with E-state index in [9.17, 15) is 14.7 Å². The molecule has 0 spiro atoms. The molecule has 0 aromatic heterocycles. The van der Waals surface area contributed by atoms with Gasteiger partial charge in [-0.3, -0.25) is 14.5 Å². The highest BCUT2D eigenvalue weighted by atomic mass is 79.9. The Balaban J connectivity index is 1.80. The number of rotatable bonds is 4. The Labute approximate surface area is 205 Å². The van der Waals surface area contributed by atoms with Crippen molar-refractivity contribution in [3.05, 3.63) is 112 Å². The number of carbonyl (C=O) groups is 2. The third-order valence-corrected chi connectivity index (χ3v) is 6.54. The molecule has 0 aliphatic carbocycles. The number of ketones is 1. The van der Waals surface area contributed by atoms with E-state index in [1.165, 1.54) is 4.90 Å². The predicted octanol–water partition coefficient (Wildman–Crippen LogP) is 6.24. The van der Waals surface area contributed by atoms with Crippen molar-refractivity contribution in [3.63, 3.8) is 0 Å². The first-order valence-corrected chi connectivity index (χ1v) is 11.5. The lowest BCUT2D eigenvalue weighted by molar-refractivity contribution is -0.132. The summed E-state index contributed by atoms with van der Waals surface area (Å²) in [6.07, 6.45) is 0. The lowest BCUT2D eigenvalue weighted by Crippen LogP contribution is -2.29. The summed E-state index contributed by atoms with van der Waals surface area (Å²) in [6.45, 7) is 0. The van der Waals surface area contributed by atoms with Gasteiger partial charge in [0.25, 0.3) is 11.7 Å². The largest absolute Gasteiger partial charge is 0.507 e. The van der Waals surface area contributed by atoms with E-state index >= 15 is 0 Å². The molecule has 6 heteroatoms. The van der Waals surface area contributed by atoms with Crippen molar-refractivity contribution in [2.45, 2.75) is 6.04 Å². The van der Waals surface area contributed by atoms with Crippen molar-refractivity contribution < 1.29 is 19.4 Å². The molecule has 1 N–H and O–H groups in total. The smallest absolute Gasteiger partial charge is 0.300 e. The summed E-state index contributed by atoms with van der Waals surface area (Å²) in [7, 11) is 1.54. The van der Waals surface area contributed by atoms with Gasteiger partial charge in [-0.05, 0) is 40.6 Å². The second-order valence-corrected chi connectivity index (χ2v) is 8.86. The van der Waals surface area contributed by atoms with Crippen LogP contribution in [-0.4, -0.2) is 23.9 Å². The molecule has 1 fully saturated rings. The number of hydrogen-bond donors (Lipinski definition) is 1. The molecule has 1 aliphatic heterocycles. The molecule has 0 saturated carbocycles. The van der Waals surface area contributed by atoms with E-state index in [0.717, 1.165) is 20.8 Å². The molecule has 0 radical (unpaired) electrons. The van der Waals surface area contributed by atoms with Gasteiger partial charge in [0.15, 0.2) is 0 Å². The standard InChI is InChI=1S/C28H20BrNO4/c1-34-21-9-5-8-20(16-21)30-25(23-11-4-7-17-6-2-3-10-22(17)23)24(27(32)28(30)33)26(31)18-12-14-19(29)15-13-18/h2-16,25,31H,1H3/b26-24-. The second kappa shape index (κ2) is 8.80. The fourth-order valence-electron chi connectivity index (χ4n) is 4.41. The Morgan fingerprint density at radius 2 is 1.62 bits per heavy atom. The average Bonchev–Trinajstić information content (AvgIpc) is 3.13. The average molecular weight is 514 g/mol. The number of ether oxygens (including phenoxy) is 1. The Morgan fingerprint density at radius 3 is 2.38 bits per heavy atom. The Bertz CT molecular complexity index is 1450. The molecular formula is C28H20BrNO4. The van der Waals surface area contributed by atoms with Gasteiger partial charge >= 0.3 is 0 Å². The molecule has 1 saturated heterocycles. The zero-order chi connectivity index (χ0) is 23.8. The SMILES string of the molecule is COc1cccc(N2C(=O)C(=O)/C(=C(\O)c3ccc(Br)cc3)C2c2cccc3ccccc23)c1. The highest BCUT2D eigenvalue weighted by Gasteiger charge is 2.47. The van der Waals surface area contributed by atoms with Crippen molar-refractivity contribution in [1.82, 2.24) is 0 Å². The highest BCUT2D eigenvalue weighted by molar-refractivity contribution is 9.10. The summed E-state index contributed by atoms with van der Waals surface area (Å²) in [6, 6.07) is 26.7. The second-order valence-electron chi connectivity index (χ2n) is 7.95. The number of nitrogens with zero attached hydrogens (tertiary/aromatic N) is 1. The van der Waals surface area contributed by atoms with Crippen molar-refractivity contribution in [3.8, 4) is 5.75 Å². The normalized spacial score (nSPS) is 17.4. The first-order valence-electron chi connectivity index (χ1n) is 10.7. The van der Waals surface area contributed by atoms with Crippen LogP contribution in [0.2, 0.25) is 0 Å². The van der Waals surface area contributed by atoms with Crippen LogP contribution in [0.1, 0.15) is 17.2 Å². The Morgan fingerprint density at radius 1 is 0.912 bits per heavy atom. The number of Topliss-reactive ketones (excluding diaryl/α,β-unsaturated/α-hetero) is 1. The third kappa shape index (κ3) is 3.66. The van der Waals surface area contributed by atoms with Crippen LogP contribution in [0.15, 0.2) is 101 Å². The Hall–Kier alpha value is -3.90. The lowest BCUT2D eigenvalue weighted by atomic mass is 9.91. The fraction of sp³-hybridized carbons (Fsp3) is 0.0714. The highest BCUT2D eigenvalue weighted by Crippen LogP contribution is 2.44. The van der Waals surface area contributed by atoms with Crippen LogP contribution in [0.4, 0.5) is 5.69 Å². The maximum Gasteiger partial charge on any atom is 0.300 e. The van der Waals surface area contributed by atoms with Gasteiger partial charge in [-0.2, -0.15) is 0 Å². The molecule has 4 aromatic carbocycles. The van der Waals surface area contributed by atoms with Crippen LogP contribution in [0, 0.1) is 0 Å². The van der Waals surface area contributed by atoms with Gasteiger partial charge < -0.3 is 9.84 Å². The topological polar surface area (TPSA) is 66.8 Å². The summed E-state index contributed by atoms with van der Waals surface area (Å²) < 4.78 is 6.19. The van der Waals surface area contributed by atoms with Gasteiger partial charge in [0.05, 0.1) is 18.7 Å². The van der Waals surface area contributed by atoms with Crippen molar-refractivity contribution >= 4 is 49.8 Å². The maximum absolute atomic E-state index is 13.4. The monoisotopic (exact) mass is 513 g/mol. The first-order chi connectivity index (χ1) is 16.5. The molecule has 1 amide bonds. The van der Waals surface area contributed by atoms with Gasteiger partial charge in [0, 0.05) is 21.8 Å². The molecular weight excluding hydrogens is 494 g/mol. The van der Waals surface area contributed by atoms with Crippen LogP contribution in [-0.2, 0) is 9.59 Å². The van der Waals surface area contributed by atoms with Crippen LogP contribution >= 0.6 is 15.9 Å². The van der Waals surface area contributed by atoms with Gasteiger partial charge in [-0.1, -0.05) is 76.6 Å². The Kier molecular flexibility index (Phi) is 5.67. The molecule has 1 atom stereocenters. The summed E-state index contributed by atoms with van der Waals surface area (Å²) in [5.74, 6) is -1.09. The van der Waals surface area contributed by atoms with Crippen LogP contribution in [0.3, 0.4) is 0 Å². The van der Waals surface area contributed by atoms with Crippen LogP contribution in [0.25, 0.3) is 16.5 Å². The zero-order valence-corrected chi connectivity index (χ0v) is 19.8. The van der Waals surface area contributed by atoms with E-state index in [4.69, 9.17) is 4.74 Å². The number of aliphatic hydroxyl groups excluding tert-OH is 1. The first kappa shape index (κ1) is 21.9. The molecule has 0 bridgehead atoms. The number of aliphatic hydroxyl groups is 1. The van der Waals surface area contributed by atoms with Crippen molar-refractivity contribution in [2.75, 3.05) is 12.0 Å². The number of methoxy groups -OCH3 is 1. The number of halogens is 1. The van der Waals surface area contributed by atoms with E-state index in [1.54, 1.807) is 55.6 Å². The molecule has 5 rings (SSSR count). The van der Waals surface area contributed by atoms with Crippen LogP contribution < -0.4 is 9.64 Å². The number of hydrogen-bond acceptors (Lipinski definition) is 4. The van der Waals surface area contributed by atoms with Gasteiger partial charge in [0.1, 0.15) is 11.5 Å². The molecule has 5 nitrogen and oxygen atoms in total. The number of anilines is 1. The zero-order valence-electron chi connectivity index (χ0n) is 18.2. The van der Waals surface area contributed by atoms with E-state index in [0.29, 0.717) is 17.0 Å². The van der Waals surface area contributed by atoms with Crippen LogP contribution in [0.5, 0.6) is 5.75 Å². The van der Waals surface area contributed by atoms with Crippen molar-refractivity contribution in [2.24, 2.45) is 0 Å². The number of benzene rings is 4. The summed E-state index contributed by atoms with van der Waals surface area (Å²) in [4.78, 5) is 28.2. The number of fused-ring (bicyclic) bond motifs is 1. The fourth-order valence-corrected chi connectivity index (χ4v) is 4.67. The molecule has 34 heavy (non-hydrogen) atoms. The van der Waals surface area contributed by atoms with Gasteiger partial charge in [0.2, 0.25) is 0 Å². The van der Waals surface area contributed by atoms with Gasteiger partial charge in [-0.25, -0.2) is 0 Å². The quantitative estimate of drug-likeness (QED) is 0.199. The summed E-state index contributed by atoms with van der Waals surface area (Å²) in [5.41, 5.74) is 1.76. The van der Waals surface area contributed by atoms with E-state index < -0.39 is 17.7 Å². The van der Waals surface area contributed by atoms with E-state index in [1.807, 2.05) is 42.5 Å². The summed E-state index contributed by atoms with van der Waals surface area (Å²) in [5, 5.41) is 13.2. The minimum absolute atomic E-state index is 0.0477. The molecule has 168 valence electrons. The van der Waals surface area contributed by atoms with E-state index in [2.05, 4.69) is 15.9 Å². The molecule has 1 aliphatic rings. The molecule has 4 aromatic rings. The minimum Gasteiger partial charge on any atom is -0.507 e. The summed E-state index contributed by atoms with van der Waals surface area (Å²) >= 11 is 3.39. The van der Waals surface area contributed by atoms with Crippen molar-refractivity contribution in [1.29, 1.82) is 0 Å². The number of carbonyl (C=O) groups excluding carboxylic acids is 2. The number of amides is 1. The molecule has 1 unspecified atom stereocenters. The lowest BCUT2D eigenvalue weighted by Gasteiger charge is -2.26. The third-order valence-electron chi connectivity index (χ3n) is 6.01. The van der Waals surface area contributed by atoms with Gasteiger partial charge in [-0.15, -0.1) is 0 Å².